The van der Waals surface area contributed by atoms with Crippen LogP contribution in [0.25, 0.3) is 0 Å². The number of sulfonamides is 1. The molecule has 9 heteroatoms. The van der Waals surface area contributed by atoms with Gasteiger partial charge in [0, 0.05) is 13.7 Å². The number of benzene rings is 3. The molecular weight excluding hydrogens is 432 g/mol. The lowest BCUT2D eigenvalue weighted by Crippen LogP contribution is -2.27. The molecule has 0 saturated heterocycles. The third kappa shape index (κ3) is 6.81. The molecule has 0 fully saturated rings. The zero-order chi connectivity index (χ0) is 22.8. The average molecular weight is 457 g/mol. The molecule has 0 atom stereocenters. The third-order valence-corrected chi connectivity index (χ3v) is 5.71. The van der Waals surface area contributed by atoms with Crippen LogP contribution in [0.5, 0.6) is 17.2 Å². The van der Waals surface area contributed by atoms with Gasteiger partial charge in [-0.2, -0.15) is 0 Å². The molecule has 0 radical (unpaired) electrons. The summed E-state index contributed by atoms with van der Waals surface area (Å²) in [7, 11) is -2.14. The summed E-state index contributed by atoms with van der Waals surface area (Å²) in [6, 6.07) is 22.1. The molecule has 3 aromatic carbocycles. The molecule has 8 nitrogen and oxygen atoms in total. The van der Waals surface area contributed by atoms with E-state index in [-0.39, 0.29) is 30.6 Å². The Morgan fingerprint density at radius 2 is 1.56 bits per heavy atom. The number of carbonyl (C=O) groups is 1. The number of amides is 1. The highest BCUT2D eigenvalue weighted by Gasteiger charge is 2.14. The van der Waals surface area contributed by atoms with E-state index in [1.807, 2.05) is 36.4 Å². The molecular formula is C23H24N2O6S. The van der Waals surface area contributed by atoms with Gasteiger partial charge in [0.05, 0.1) is 17.2 Å². The second-order valence-electron chi connectivity index (χ2n) is 6.61. The lowest BCUT2D eigenvalue weighted by molar-refractivity contribution is -0.118. The van der Waals surface area contributed by atoms with Gasteiger partial charge in [-0.1, -0.05) is 30.3 Å². The molecule has 0 heterocycles. The van der Waals surface area contributed by atoms with E-state index in [1.54, 1.807) is 18.2 Å². The monoisotopic (exact) mass is 456 g/mol. The van der Waals surface area contributed by atoms with Crippen molar-refractivity contribution in [2.75, 3.05) is 32.2 Å². The molecule has 0 spiro atoms. The van der Waals surface area contributed by atoms with E-state index >= 15 is 0 Å². The summed E-state index contributed by atoms with van der Waals surface area (Å²) in [6.07, 6.45) is 0. The van der Waals surface area contributed by atoms with Gasteiger partial charge < -0.3 is 19.5 Å². The van der Waals surface area contributed by atoms with Gasteiger partial charge in [-0.25, -0.2) is 13.1 Å². The number of methoxy groups -OCH3 is 1. The number of rotatable bonds is 11. The van der Waals surface area contributed by atoms with Crippen LogP contribution in [0.1, 0.15) is 0 Å². The highest BCUT2D eigenvalue weighted by molar-refractivity contribution is 7.89. The zero-order valence-electron chi connectivity index (χ0n) is 17.5. The van der Waals surface area contributed by atoms with E-state index in [0.717, 1.165) is 0 Å². The van der Waals surface area contributed by atoms with Gasteiger partial charge >= 0.3 is 0 Å². The van der Waals surface area contributed by atoms with Crippen LogP contribution < -0.4 is 19.5 Å². The molecule has 168 valence electrons. The molecule has 3 rings (SSSR count). The van der Waals surface area contributed by atoms with E-state index in [0.29, 0.717) is 22.9 Å². The minimum atomic E-state index is -3.63. The van der Waals surface area contributed by atoms with Gasteiger partial charge in [0.25, 0.3) is 5.91 Å². The van der Waals surface area contributed by atoms with Gasteiger partial charge in [0.2, 0.25) is 10.0 Å². The van der Waals surface area contributed by atoms with Gasteiger partial charge in [-0.15, -0.1) is 0 Å². The second kappa shape index (κ2) is 11.3. The number of ether oxygens (including phenoxy) is 3. The van der Waals surface area contributed by atoms with Crippen molar-refractivity contribution in [2.24, 2.45) is 0 Å². The first-order valence-electron chi connectivity index (χ1n) is 9.81. The maximum absolute atomic E-state index is 12.4. The maximum Gasteiger partial charge on any atom is 0.262 e. The number of para-hydroxylation sites is 3. The number of nitrogens with one attached hydrogen (secondary N) is 2. The summed E-state index contributed by atoms with van der Waals surface area (Å²) in [5, 5.41) is 2.76. The van der Waals surface area contributed by atoms with Crippen molar-refractivity contribution in [3.05, 3.63) is 78.9 Å². The van der Waals surface area contributed by atoms with Crippen LogP contribution in [-0.2, 0) is 19.6 Å². The first-order valence-corrected chi connectivity index (χ1v) is 11.3. The Morgan fingerprint density at radius 1 is 0.875 bits per heavy atom. The van der Waals surface area contributed by atoms with Crippen molar-refractivity contribution in [1.29, 1.82) is 0 Å². The van der Waals surface area contributed by atoms with Crippen LogP contribution in [0.15, 0.2) is 83.8 Å². The number of hydrogen-bond donors (Lipinski definition) is 2. The smallest absolute Gasteiger partial charge is 0.262 e. The fourth-order valence-electron chi connectivity index (χ4n) is 2.69. The van der Waals surface area contributed by atoms with Crippen molar-refractivity contribution in [3.63, 3.8) is 0 Å². The minimum Gasteiger partial charge on any atom is -0.484 e. The summed E-state index contributed by atoms with van der Waals surface area (Å²) in [5.74, 6) is 1.14. The van der Waals surface area contributed by atoms with Crippen LogP contribution in [-0.4, -0.2) is 41.2 Å². The van der Waals surface area contributed by atoms with Gasteiger partial charge in [-0.3, -0.25) is 4.79 Å². The molecule has 0 aromatic heterocycles. The number of hydrogen-bond acceptors (Lipinski definition) is 6. The predicted octanol–water partition coefficient (Wildman–Crippen LogP) is 3.42. The second-order valence-corrected chi connectivity index (χ2v) is 8.38. The summed E-state index contributed by atoms with van der Waals surface area (Å²) < 4.78 is 42.9. The molecule has 0 bridgehead atoms. The fraction of sp³-hybridized carbons (Fsp3) is 0.174. The Bertz CT molecular complexity index is 1120. The molecule has 1 amide bonds. The third-order valence-electron chi connectivity index (χ3n) is 4.23. The van der Waals surface area contributed by atoms with Crippen molar-refractivity contribution < 1.29 is 27.4 Å². The minimum absolute atomic E-state index is 0.0948. The topological polar surface area (TPSA) is 103 Å². The van der Waals surface area contributed by atoms with Crippen LogP contribution in [0.2, 0.25) is 0 Å². The molecule has 0 unspecified atom stereocenters. The Hall–Kier alpha value is -3.40. The SMILES string of the molecule is COCCNS(=O)(=O)c1ccc(OCC(=O)Nc2ccccc2Oc2ccccc2)cc1. The van der Waals surface area contributed by atoms with Crippen molar-refractivity contribution in [3.8, 4) is 17.2 Å². The number of carbonyl (C=O) groups excluding carboxylic acids is 1. The van der Waals surface area contributed by atoms with E-state index in [4.69, 9.17) is 14.2 Å². The molecule has 32 heavy (non-hydrogen) atoms. The first kappa shape index (κ1) is 23.3. The quantitative estimate of drug-likeness (QED) is 0.429. The molecule has 3 aromatic rings. The largest absolute Gasteiger partial charge is 0.484 e. The van der Waals surface area contributed by atoms with Gasteiger partial charge in [-0.05, 0) is 48.5 Å². The van der Waals surface area contributed by atoms with Crippen molar-refractivity contribution in [2.45, 2.75) is 4.90 Å². The first-order chi connectivity index (χ1) is 15.5. The Morgan fingerprint density at radius 3 is 2.28 bits per heavy atom. The standard InChI is InChI=1S/C23H24N2O6S/c1-29-16-15-24-32(27,28)20-13-11-18(12-14-20)30-17-23(26)25-21-9-5-6-10-22(21)31-19-7-3-2-4-8-19/h2-14,24H,15-17H2,1H3,(H,25,26). The Kier molecular flexibility index (Phi) is 8.20. The zero-order valence-corrected chi connectivity index (χ0v) is 18.3. The molecule has 0 saturated carbocycles. The predicted molar refractivity (Wildman–Crippen MR) is 121 cm³/mol. The summed E-state index contributed by atoms with van der Waals surface area (Å²) >= 11 is 0. The van der Waals surface area contributed by atoms with Crippen molar-refractivity contribution in [1.82, 2.24) is 4.72 Å². The van der Waals surface area contributed by atoms with Crippen molar-refractivity contribution >= 4 is 21.6 Å². The number of anilines is 1. The molecule has 2 N–H and O–H groups in total. The normalized spacial score (nSPS) is 11.0. The highest BCUT2D eigenvalue weighted by atomic mass is 32.2. The van der Waals surface area contributed by atoms with Crippen LogP contribution in [0.3, 0.4) is 0 Å². The average Bonchev–Trinajstić information content (AvgIpc) is 2.80. The summed E-state index contributed by atoms with van der Waals surface area (Å²) in [4.78, 5) is 12.4. The van der Waals surface area contributed by atoms with E-state index < -0.39 is 10.0 Å². The summed E-state index contributed by atoms with van der Waals surface area (Å²) in [6.45, 7) is 0.194. The lowest BCUT2D eigenvalue weighted by atomic mass is 10.3. The molecule has 0 aliphatic heterocycles. The summed E-state index contributed by atoms with van der Waals surface area (Å²) in [5.41, 5.74) is 0.508. The maximum atomic E-state index is 12.4. The Balaban J connectivity index is 1.55. The lowest BCUT2D eigenvalue weighted by Gasteiger charge is -2.13. The molecule has 0 aliphatic carbocycles. The van der Waals surface area contributed by atoms with E-state index in [1.165, 1.54) is 31.4 Å². The van der Waals surface area contributed by atoms with Gasteiger partial charge in [0.15, 0.2) is 12.4 Å². The van der Waals surface area contributed by atoms with Gasteiger partial charge in [0.1, 0.15) is 11.5 Å². The van der Waals surface area contributed by atoms with Crippen LogP contribution in [0.4, 0.5) is 5.69 Å². The Labute approximate surface area is 187 Å². The highest BCUT2D eigenvalue weighted by Crippen LogP contribution is 2.29. The van der Waals surface area contributed by atoms with Crippen LogP contribution in [0, 0.1) is 0 Å². The van der Waals surface area contributed by atoms with Crippen LogP contribution >= 0.6 is 0 Å². The fourth-order valence-corrected chi connectivity index (χ4v) is 3.70. The van der Waals surface area contributed by atoms with E-state index in [9.17, 15) is 13.2 Å². The molecule has 0 aliphatic rings. The van der Waals surface area contributed by atoms with E-state index in [2.05, 4.69) is 10.0 Å².